The monoisotopic (exact) mass is 217 g/mol. The lowest BCUT2D eigenvalue weighted by Gasteiger charge is -2.22. The van der Waals surface area contributed by atoms with Gasteiger partial charge in [0, 0.05) is 7.11 Å². The molecule has 2 aliphatic rings. The van der Waals surface area contributed by atoms with E-state index in [1.54, 1.807) is 13.8 Å². The first-order valence-electron chi connectivity index (χ1n) is 4.78. The topological polar surface area (TPSA) is 80.0 Å². The summed E-state index contributed by atoms with van der Waals surface area (Å²) in [5.74, 6) is -1.30. The van der Waals surface area contributed by atoms with Gasteiger partial charge in [0.25, 0.3) is 0 Å². The van der Waals surface area contributed by atoms with Gasteiger partial charge in [-0.1, -0.05) is 0 Å². The molecular weight excluding hydrogens is 202 g/mol. The molecule has 6 heteroatoms. The van der Waals surface area contributed by atoms with Gasteiger partial charge in [0.05, 0.1) is 0 Å². The second-order valence-electron chi connectivity index (χ2n) is 4.13. The van der Waals surface area contributed by atoms with Crippen LogP contribution in [-0.2, 0) is 23.7 Å². The molecule has 2 rings (SSSR count). The molecule has 0 spiro atoms. The Hall–Kier alpha value is -0.690. The molecule has 2 fully saturated rings. The maximum atomic E-state index is 11.1. The third kappa shape index (κ3) is 1.74. The molecule has 0 bridgehead atoms. The molecule has 86 valence electrons. The van der Waals surface area contributed by atoms with Gasteiger partial charge in [-0.3, -0.25) is 4.79 Å². The van der Waals surface area contributed by atoms with E-state index in [2.05, 4.69) is 0 Å². The number of amides is 1. The number of rotatable bonds is 2. The van der Waals surface area contributed by atoms with E-state index >= 15 is 0 Å². The number of hydrogen-bond acceptors (Lipinski definition) is 5. The third-order valence-electron chi connectivity index (χ3n) is 2.52. The number of carbonyl (C=O) groups excluding carboxylic acids is 1. The lowest BCUT2D eigenvalue weighted by atomic mass is 10.1. The Bertz CT molecular complexity index is 280. The Morgan fingerprint density at radius 1 is 1.33 bits per heavy atom. The van der Waals surface area contributed by atoms with Gasteiger partial charge < -0.3 is 24.7 Å². The molecule has 0 saturated carbocycles. The molecule has 0 radical (unpaired) electrons. The van der Waals surface area contributed by atoms with Gasteiger partial charge in [-0.15, -0.1) is 0 Å². The summed E-state index contributed by atoms with van der Waals surface area (Å²) < 4.78 is 21.5. The lowest BCUT2D eigenvalue weighted by Crippen LogP contribution is -2.39. The Labute approximate surface area is 87.6 Å². The van der Waals surface area contributed by atoms with Crippen molar-refractivity contribution in [3.63, 3.8) is 0 Å². The van der Waals surface area contributed by atoms with E-state index in [0.717, 1.165) is 0 Å². The predicted octanol–water partition coefficient (Wildman–Crippen LogP) is -0.637. The first-order valence-corrected chi connectivity index (χ1v) is 4.78. The van der Waals surface area contributed by atoms with Crippen molar-refractivity contribution >= 4 is 5.91 Å². The van der Waals surface area contributed by atoms with Crippen LogP contribution in [0, 0.1) is 0 Å². The van der Waals surface area contributed by atoms with Gasteiger partial charge in [-0.25, -0.2) is 0 Å². The van der Waals surface area contributed by atoms with Gasteiger partial charge in [0.15, 0.2) is 18.2 Å². The molecule has 1 unspecified atom stereocenters. The summed E-state index contributed by atoms with van der Waals surface area (Å²) in [6.45, 7) is 3.55. The molecule has 2 saturated heterocycles. The summed E-state index contributed by atoms with van der Waals surface area (Å²) in [4.78, 5) is 11.1. The zero-order chi connectivity index (χ0) is 11.2. The van der Waals surface area contributed by atoms with E-state index in [0.29, 0.717) is 0 Å². The molecule has 0 aliphatic carbocycles. The largest absolute Gasteiger partial charge is 0.367 e. The number of methoxy groups -OCH3 is 1. The number of carbonyl (C=O) groups is 1. The molecule has 2 aliphatic heterocycles. The maximum absolute atomic E-state index is 11.1. The molecule has 0 aromatic carbocycles. The van der Waals surface area contributed by atoms with Crippen LogP contribution in [0.1, 0.15) is 13.8 Å². The summed E-state index contributed by atoms with van der Waals surface area (Å²) in [6.07, 6.45) is -2.29. The van der Waals surface area contributed by atoms with E-state index in [4.69, 9.17) is 24.7 Å². The zero-order valence-electron chi connectivity index (χ0n) is 8.93. The van der Waals surface area contributed by atoms with E-state index in [1.807, 2.05) is 0 Å². The van der Waals surface area contributed by atoms with Gasteiger partial charge in [0.2, 0.25) is 5.91 Å². The summed E-state index contributed by atoms with van der Waals surface area (Å²) >= 11 is 0. The Balaban J connectivity index is 2.19. The van der Waals surface area contributed by atoms with Crippen LogP contribution in [0.5, 0.6) is 0 Å². The van der Waals surface area contributed by atoms with Crippen molar-refractivity contribution in [3.8, 4) is 0 Å². The standard InChI is InChI=1S/C9H15NO5/c1-9(2)14-4-5(7(10)11)13-8(12-3)6(4)15-9/h4-6,8H,1-3H3,(H2,10,11)/t4-,5+,6?,8-/m1/s1. The van der Waals surface area contributed by atoms with Crippen molar-refractivity contribution in [2.45, 2.75) is 44.2 Å². The summed E-state index contributed by atoms with van der Waals surface area (Å²) in [7, 11) is 1.49. The average molecular weight is 217 g/mol. The van der Waals surface area contributed by atoms with E-state index in [-0.39, 0.29) is 0 Å². The molecular formula is C9H15NO5. The van der Waals surface area contributed by atoms with Crippen LogP contribution in [0.2, 0.25) is 0 Å². The molecule has 1 amide bonds. The summed E-state index contributed by atoms with van der Waals surface area (Å²) in [6, 6.07) is 0. The first-order chi connectivity index (χ1) is 6.94. The van der Waals surface area contributed by atoms with Crippen molar-refractivity contribution in [3.05, 3.63) is 0 Å². The Kier molecular flexibility index (Phi) is 2.46. The van der Waals surface area contributed by atoms with Crippen molar-refractivity contribution in [2.24, 2.45) is 5.73 Å². The normalized spacial score (nSPS) is 42.9. The molecule has 0 aromatic heterocycles. The molecule has 0 aromatic rings. The van der Waals surface area contributed by atoms with Crippen LogP contribution in [0.4, 0.5) is 0 Å². The number of primary amides is 1. The minimum absolute atomic E-state index is 0.400. The fourth-order valence-electron chi connectivity index (χ4n) is 1.98. The lowest BCUT2D eigenvalue weighted by molar-refractivity contribution is -0.225. The summed E-state index contributed by atoms with van der Waals surface area (Å²) in [5.41, 5.74) is 5.20. The van der Waals surface area contributed by atoms with Gasteiger partial charge in [-0.05, 0) is 13.8 Å². The second kappa shape index (κ2) is 3.41. The number of ether oxygens (including phenoxy) is 4. The number of hydrogen-bond donors (Lipinski definition) is 1. The minimum atomic E-state index is -0.804. The zero-order valence-corrected chi connectivity index (χ0v) is 8.93. The van der Waals surface area contributed by atoms with E-state index in [1.165, 1.54) is 7.11 Å². The first kappa shape index (κ1) is 10.8. The molecule has 4 atom stereocenters. The van der Waals surface area contributed by atoms with Gasteiger partial charge >= 0.3 is 0 Å². The van der Waals surface area contributed by atoms with Crippen molar-refractivity contribution in [2.75, 3.05) is 7.11 Å². The third-order valence-corrected chi connectivity index (χ3v) is 2.52. The molecule has 2 heterocycles. The van der Waals surface area contributed by atoms with E-state index < -0.39 is 36.3 Å². The number of nitrogens with two attached hydrogens (primary N) is 1. The molecule has 6 nitrogen and oxygen atoms in total. The predicted molar refractivity (Wildman–Crippen MR) is 48.7 cm³/mol. The second-order valence-corrected chi connectivity index (χ2v) is 4.13. The fourth-order valence-corrected chi connectivity index (χ4v) is 1.98. The Morgan fingerprint density at radius 3 is 2.47 bits per heavy atom. The van der Waals surface area contributed by atoms with Crippen LogP contribution in [0.3, 0.4) is 0 Å². The highest BCUT2D eigenvalue weighted by Gasteiger charge is 2.57. The van der Waals surface area contributed by atoms with Crippen LogP contribution >= 0.6 is 0 Å². The SMILES string of the molecule is CO[C@@H]1O[C@H](C(N)=O)[C@H]2OC(C)(C)OC12. The van der Waals surface area contributed by atoms with Crippen molar-refractivity contribution in [1.29, 1.82) is 0 Å². The number of fused-ring (bicyclic) bond motifs is 1. The van der Waals surface area contributed by atoms with Crippen LogP contribution in [0.15, 0.2) is 0 Å². The van der Waals surface area contributed by atoms with Gasteiger partial charge in [-0.2, -0.15) is 0 Å². The minimum Gasteiger partial charge on any atom is -0.367 e. The average Bonchev–Trinajstić information content (AvgIpc) is 2.57. The highest BCUT2D eigenvalue weighted by atomic mass is 16.8. The van der Waals surface area contributed by atoms with Crippen LogP contribution < -0.4 is 5.73 Å². The highest BCUT2D eigenvalue weighted by Crippen LogP contribution is 2.38. The molecule has 2 N–H and O–H groups in total. The Morgan fingerprint density at radius 2 is 1.93 bits per heavy atom. The molecule has 15 heavy (non-hydrogen) atoms. The van der Waals surface area contributed by atoms with Crippen LogP contribution in [-0.4, -0.2) is 43.4 Å². The summed E-state index contributed by atoms with van der Waals surface area (Å²) in [5, 5.41) is 0. The van der Waals surface area contributed by atoms with Crippen LogP contribution in [0.25, 0.3) is 0 Å². The highest BCUT2D eigenvalue weighted by molar-refractivity contribution is 5.80. The van der Waals surface area contributed by atoms with Crippen molar-refractivity contribution < 1.29 is 23.7 Å². The van der Waals surface area contributed by atoms with Crippen molar-refractivity contribution in [1.82, 2.24) is 0 Å². The van der Waals surface area contributed by atoms with E-state index in [9.17, 15) is 4.79 Å². The fraction of sp³-hybridized carbons (Fsp3) is 0.889. The maximum Gasteiger partial charge on any atom is 0.249 e. The quantitative estimate of drug-likeness (QED) is 0.665. The van der Waals surface area contributed by atoms with Gasteiger partial charge in [0.1, 0.15) is 12.2 Å². The smallest absolute Gasteiger partial charge is 0.249 e.